The van der Waals surface area contributed by atoms with Crippen molar-refractivity contribution in [1.82, 2.24) is 0 Å². The Kier molecular flexibility index (Phi) is 7.40. The molecular formula is C50H41N. The molecule has 51 heavy (non-hydrogen) atoms. The van der Waals surface area contributed by atoms with Gasteiger partial charge in [0.25, 0.3) is 0 Å². The minimum absolute atomic E-state index is 0.107. The van der Waals surface area contributed by atoms with E-state index in [4.69, 9.17) is 0 Å². The van der Waals surface area contributed by atoms with Crippen molar-refractivity contribution in [2.24, 2.45) is 0 Å². The molecule has 8 aromatic rings. The number of hydrogen-bond acceptors (Lipinski definition) is 1. The van der Waals surface area contributed by atoms with Crippen LogP contribution in [0.25, 0.3) is 54.9 Å². The van der Waals surface area contributed by atoms with Gasteiger partial charge in [-0.2, -0.15) is 0 Å². The van der Waals surface area contributed by atoms with Crippen LogP contribution in [0.15, 0.2) is 170 Å². The van der Waals surface area contributed by atoms with E-state index in [0.29, 0.717) is 5.92 Å². The van der Waals surface area contributed by atoms with Gasteiger partial charge in [-0.3, -0.25) is 0 Å². The topological polar surface area (TPSA) is 3.24 Å². The fourth-order valence-electron chi connectivity index (χ4n) is 8.47. The zero-order valence-electron chi connectivity index (χ0n) is 29.7. The summed E-state index contributed by atoms with van der Waals surface area (Å²) < 4.78 is 0. The van der Waals surface area contributed by atoms with Gasteiger partial charge >= 0.3 is 0 Å². The molecule has 0 atom stereocenters. The zero-order valence-corrected chi connectivity index (χ0v) is 29.7. The summed E-state index contributed by atoms with van der Waals surface area (Å²) in [5, 5.41) is 4.98. The maximum atomic E-state index is 2.45. The zero-order chi connectivity index (χ0) is 34.7. The lowest BCUT2D eigenvalue weighted by molar-refractivity contribution is 0.659. The second kappa shape index (κ2) is 12.1. The van der Waals surface area contributed by atoms with E-state index in [0.717, 1.165) is 5.69 Å². The Labute approximate surface area is 301 Å². The van der Waals surface area contributed by atoms with Crippen molar-refractivity contribution >= 4 is 38.6 Å². The van der Waals surface area contributed by atoms with Gasteiger partial charge in [0.2, 0.25) is 0 Å². The van der Waals surface area contributed by atoms with E-state index in [1.54, 1.807) is 0 Å². The highest BCUT2D eigenvalue weighted by Crippen LogP contribution is 2.53. The monoisotopic (exact) mass is 655 g/mol. The van der Waals surface area contributed by atoms with Gasteiger partial charge < -0.3 is 4.90 Å². The fraction of sp³-hybridized carbons (Fsp3) is 0.120. The predicted molar refractivity (Wildman–Crippen MR) is 219 cm³/mol. The van der Waals surface area contributed by atoms with Crippen molar-refractivity contribution in [3.8, 4) is 33.4 Å². The van der Waals surface area contributed by atoms with Crippen LogP contribution in [0.5, 0.6) is 0 Å². The maximum Gasteiger partial charge on any atom is 0.0540 e. The average Bonchev–Trinajstić information content (AvgIpc) is 3.40. The number of benzene rings is 8. The van der Waals surface area contributed by atoms with Crippen LogP contribution in [0.1, 0.15) is 50.3 Å². The Balaban J connectivity index is 1.22. The third-order valence-electron chi connectivity index (χ3n) is 11.0. The van der Waals surface area contributed by atoms with Gasteiger partial charge in [-0.05, 0) is 102 Å². The Morgan fingerprint density at radius 2 is 1.08 bits per heavy atom. The lowest BCUT2D eigenvalue weighted by atomic mass is 9.81. The largest absolute Gasteiger partial charge is 0.310 e. The van der Waals surface area contributed by atoms with E-state index in [2.05, 4.69) is 202 Å². The van der Waals surface area contributed by atoms with Crippen LogP contribution in [0.4, 0.5) is 17.1 Å². The van der Waals surface area contributed by atoms with Crippen LogP contribution in [0.2, 0.25) is 0 Å². The number of anilines is 3. The van der Waals surface area contributed by atoms with Crippen LogP contribution in [0.3, 0.4) is 0 Å². The van der Waals surface area contributed by atoms with E-state index in [1.165, 1.54) is 83.0 Å². The molecule has 0 heterocycles. The van der Waals surface area contributed by atoms with Gasteiger partial charge in [0.1, 0.15) is 0 Å². The van der Waals surface area contributed by atoms with Gasteiger partial charge in [-0.15, -0.1) is 0 Å². The van der Waals surface area contributed by atoms with Crippen molar-refractivity contribution in [2.75, 3.05) is 4.90 Å². The van der Waals surface area contributed by atoms with Crippen molar-refractivity contribution in [3.63, 3.8) is 0 Å². The van der Waals surface area contributed by atoms with Gasteiger partial charge in [0.15, 0.2) is 0 Å². The van der Waals surface area contributed by atoms with Gasteiger partial charge in [0, 0.05) is 22.2 Å². The Hall–Kier alpha value is -5.92. The molecule has 0 fully saturated rings. The first kappa shape index (κ1) is 31.1. The molecule has 0 radical (unpaired) electrons. The Morgan fingerprint density at radius 3 is 1.84 bits per heavy atom. The highest BCUT2D eigenvalue weighted by Gasteiger charge is 2.37. The third kappa shape index (κ3) is 5.07. The summed E-state index contributed by atoms with van der Waals surface area (Å²) in [5.41, 5.74) is 15.3. The summed E-state index contributed by atoms with van der Waals surface area (Å²) in [6, 6.07) is 62.7. The lowest BCUT2D eigenvalue weighted by Gasteiger charge is -2.29. The lowest BCUT2D eigenvalue weighted by Crippen LogP contribution is -2.16. The Bertz CT molecular complexity index is 2570. The molecule has 0 aromatic heterocycles. The molecule has 0 N–H and O–H groups in total. The van der Waals surface area contributed by atoms with Gasteiger partial charge in [-0.1, -0.05) is 167 Å². The predicted octanol–water partition coefficient (Wildman–Crippen LogP) is 14.2. The van der Waals surface area contributed by atoms with Crippen molar-refractivity contribution in [2.45, 2.75) is 39.0 Å². The molecule has 0 saturated carbocycles. The summed E-state index contributed by atoms with van der Waals surface area (Å²) in [7, 11) is 0. The van der Waals surface area contributed by atoms with Crippen molar-refractivity contribution in [3.05, 3.63) is 187 Å². The SMILES string of the molecule is CC(C)c1cccc2c1-c1ccc(N(c3ccc(-c4ccc5ccccc5c4-c4ccccc4)cc3)c3cccc4ccccc34)cc1C2(C)C. The van der Waals surface area contributed by atoms with Crippen LogP contribution in [-0.2, 0) is 5.41 Å². The third-order valence-corrected chi connectivity index (χ3v) is 11.0. The number of rotatable bonds is 6. The molecule has 0 saturated heterocycles. The molecule has 9 rings (SSSR count). The highest BCUT2D eigenvalue weighted by atomic mass is 15.1. The summed E-state index contributed by atoms with van der Waals surface area (Å²) in [6.07, 6.45) is 0. The van der Waals surface area contributed by atoms with Crippen LogP contribution in [0, 0.1) is 0 Å². The molecular weight excluding hydrogens is 615 g/mol. The van der Waals surface area contributed by atoms with E-state index in [9.17, 15) is 0 Å². The molecule has 1 aliphatic rings. The molecule has 0 unspecified atom stereocenters. The maximum absolute atomic E-state index is 2.45. The first-order valence-corrected chi connectivity index (χ1v) is 18.1. The van der Waals surface area contributed by atoms with E-state index >= 15 is 0 Å². The molecule has 0 amide bonds. The summed E-state index contributed by atoms with van der Waals surface area (Å²) in [5.74, 6) is 0.456. The minimum atomic E-state index is -0.107. The summed E-state index contributed by atoms with van der Waals surface area (Å²) >= 11 is 0. The van der Waals surface area contributed by atoms with Crippen LogP contribution in [-0.4, -0.2) is 0 Å². The second-order valence-corrected chi connectivity index (χ2v) is 14.7. The smallest absolute Gasteiger partial charge is 0.0540 e. The summed E-state index contributed by atoms with van der Waals surface area (Å²) in [4.78, 5) is 2.45. The number of fused-ring (bicyclic) bond motifs is 5. The van der Waals surface area contributed by atoms with Gasteiger partial charge in [0.05, 0.1) is 5.69 Å². The van der Waals surface area contributed by atoms with Crippen LogP contribution >= 0.6 is 0 Å². The second-order valence-electron chi connectivity index (χ2n) is 14.7. The number of hydrogen-bond donors (Lipinski definition) is 0. The standard InChI is InChI=1S/C50H41N/c1-33(2)40-21-13-22-45-49(40)44-31-29-39(32-46(44)50(45,3)4)51(47-23-12-18-34-14-8-10-19-41(34)47)38-27-24-36(25-28-38)43-30-26-35-15-9-11-20-42(35)48(43)37-16-6-5-7-17-37/h5-33H,1-4H3. The quantitative estimate of drug-likeness (QED) is 0.172. The number of nitrogens with zero attached hydrogens (tertiary/aromatic N) is 1. The van der Waals surface area contributed by atoms with Crippen molar-refractivity contribution < 1.29 is 0 Å². The first-order valence-electron chi connectivity index (χ1n) is 18.1. The molecule has 1 heteroatoms. The summed E-state index contributed by atoms with van der Waals surface area (Å²) in [6.45, 7) is 9.39. The molecule has 246 valence electrons. The molecule has 8 aromatic carbocycles. The van der Waals surface area contributed by atoms with E-state index in [1.807, 2.05) is 0 Å². The molecule has 1 aliphatic carbocycles. The molecule has 0 spiro atoms. The fourth-order valence-corrected chi connectivity index (χ4v) is 8.47. The minimum Gasteiger partial charge on any atom is -0.310 e. The van der Waals surface area contributed by atoms with Gasteiger partial charge in [-0.25, -0.2) is 0 Å². The first-order chi connectivity index (χ1) is 24.9. The molecule has 0 aliphatic heterocycles. The Morgan fingerprint density at radius 1 is 0.451 bits per heavy atom. The van der Waals surface area contributed by atoms with Crippen molar-refractivity contribution in [1.29, 1.82) is 0 Å². The molecule has 1 nitrogen and oxygen atoms in total. The van der Waals surface area contributed by atoms with E-state index in [-0.39, 0.29) is 5.41 Å². The van der Waals surface area contributed by atoms with E-state index < -0.39 is 0 Å². The normalized spacial score (nSPS) is 13.0. The van der Waals surface area contributed by atoms with Crippen LogP contribution < -0.4 is 4.90 Å². The highest BCUT2D eigenvalue weighted by molar-refractivity contribution is 6.04. The molecule has 0 bridgehead atoms. The average molecular weight is 656 g/mol.